The van der Waals surface area contributed by atoms with Crippen molar-refractivity contribution in [3.63, 3.8) is 0 Å². The average molecular weight is 282 g/mol. The van der Waals surface area contributed by atoms with Crippen LogP contribution in [0.2, 0.25) is 0 Å². The third-order valence-corrected chi connectivity index (χ3v) is 2.99. The molecule has 0 aromatic carbocycles. The molecule has 4 nitrogen and oxygen atoms in total. The summed E-state index contributed by atoms with van der Waals surface area (Å²) in [6.07, 6.45) is 0. The number of nitrogens with one attached hydrogen (secondary N) is 2. The van der Waals surface area contributed by atoms with Gasteiger partial charge >= 0.3 is 0 Å². The van der Waals surface area contributed by atoms with Crippen LogP contribution >= 0.6 is 11.3 Å². The van der Waals surface area contributed by atoms with Gasteiger partial charge in [0.15, 0.2) is 0 Å². The van der Waals surface area contributed by atoms with Gasteiger partial charge in [0.25, 0.3) is 11.8 Å². The predicted octanol–water partition coefficient (Wildman–Crippen LogP) is 2.80. The second kappa shape index (κ2) is 5.33. The summed E-state index contributed by atoms with van der Waals surface area (Å²) in [6, 6.07) is 1.63. The zero-order valence-electron chi connectivity index (χ0n) is 12.4. The van der Waals surface area contributed by atoms with Gasteiger partial charge in [0.05, 0.1) is 10.4 Å². The largest absolute Gasteiger partial charge is 0.347 e. The van der Waals surface area contributed by atoms with E-state index >= 15 is 0 Å². The molecular formula is C14H22N2O2S. The Kier molecular flexibility index (Phi) is 4.40. The van der Waals surface area contributed by atoms with Crippen LogP contribution in [0.5, 0.6) is 0 Å². The minimum Gasteiger partial charge on any atom is -0.347 e. The van der Waals surface area contributed by atoms with E-state index in [1.54, 1.807) is 11.4 Å². The molecule has 0 saturated heterocycles. The van der Waals surface area contributed by atoms with Crippen LogP contribution in [-0.4, -0.2) is 22.9 Å². The number of carbonyl (C=O) groups is 2. The maximum Gasteiger partial charge on any atom is 0.261 e. The third-order valence-electron chi connectivity index (χ3n) is 2.06. The first-order valence-corrected chi connectivity index (χ1v) is 7.09. The van der Waals surface area contributed by atoms with Crippen LogP contribution in [0.1, 0.15) is 61.6 Å². The molecule has 0 bridgehead atoms. The summed E-state index contributed by atoms with van der Waals surface area (Å²) in [5.41, 5.74) is -0.0409. The zero-order valence-corrected chi connectivity index (χ0v) is 13.2. The van der Waals surface area contributed by atoms with Gasteiger partial charge in [0.2, 0.25) is 0 Å². The minimum atomic E-state index is -0.285. The molecule has 1 rings (SSSR count). The quantitative estimate of drug-likeness (QED) is 0.876. The molecule has 0 aliphatic carbocycles. The number of rotatable bonds is 2. The molecule has 0 saturated carbocycles. The fourth-order valence-corrected chi connectivity index (χ4v) is 2.17. The van der Waals surface area contributed by atoms with E-state index in [-0.39, 0.29) is 22.9 Å². The average Bonchev–Trinajstić information content (AvgIpc) is 2.60. The van der Waals surface area contributed by atoms with E-state index in [1.807, 2.05) is 41.5 Å². The Bertz CT molecular complexity index is 436. The highest BCUT2D eigenvalue weighted by molar-refractivity contribution is 7.12. The SMILES string of the molecule is CC(C)(C)NC(=O)c1csc(C(=O)NC(C)(C)C)c1. The lowest BCUT2D eigenvalue weighted by molar-refractivity contribution is 0.0918. The summed E-state index contributed by atoms with van der Waals surface area (Å²) in [5, 5.41) is 7.45. The molecule has 2 N–H and O–H groups in total. The minimum absolute atomic E-state index is 0.146. The number of hydrogen-bond acceptors (Lipinski definition) is 3. The third kappa shape index (κ3) is 5.42. The van der Waals surface area contributed by atoms with Gasteiger partial charge in [-0.05, 0) is 47.6 Å². The van der Waals surface area contributed by atoms with Crippen LogP contribution in [0.4, 0.5) is 0 Å². The van der Waals surface area contributed by atoms with E-state index in [0.29, 0.717) is 10.4 Å². The molecule has 19 heavy (non-hydrogen) atoms. The molecule has 1 aromatic rings. The Labute approximate surface area is 118 Å². The standard InChI is InChI=1S/C14H22N2O2S/c1-13(2,3)15-11(17)9-7-10(19-8-9)12(18)16-14(4,5)6/h7-8H,1-6H3,(H,15,17)(H,16,18). The van der Waals surface area contributed by atoms with Gasteiger partial charge in [-0.3, -0.25) is 9.59 Å². The van der Waals surface area contributed by atoms with Crippen molar-refractivity contribution in [1.82, 2.24) is 10.6 Å². The Morgan fingerprint density at radius 3 is 1.89 bits per heavy atom. The first-order chi connectivity index (χ1) is 8.48. The normalized spacial score (nSPS) is 12.1. The van der Waals surface area contributed by atoms with Crippen LogP contribution in [0.3, 0.4) is 0 Å². The lowest BCUT2D eigenvalue weighted by Crippen LogP contribution is -2.41. The Morgan fingerprint density at radius 1 is 0.947 bits per heavy atom. The van der Waals surface area contributed by atoms with Crippen molar-refractivity contribution in [2.24, 2.45) is 0 Å². The van der Waals surface area contributed by atoms with E-state index in [1.165, 1.54) is 11.3 Å². The summed E-state index contributed by atoms with van der Waals surface area (Å²) in [7, 11) is 0. The summed E-state index contributed by atoms with van der Waals surface area (Å²) >= 11 is 1.28. The topological polar surface area (TPSA) is 58.2 Å². The molecule has 0 atom stereocenters. The van der Waals surface area contributed by atoms with Gasteiger partial charge in [-0.2, -0.15) is 0 Å². The second-order valence-electron chi connectivity index (χ2n) is 6.61. The predicted molar refractivity (Wildman–Crippen MR) is 78.8 cm³/mol. The molecule has 2 amide bonds. The zero-order chi connectivity index (χ0) is 14.8. The van der Waals surface area contributed by atoms with Gasteiger partial charge in [-0.25, -0.2) is 0 Å². The van der Waals surface area contributed by atoms with Crippen molar-refractivity contribution in [3.8, 4) is 0 Å². The second-order valence-corrected chi connectivity index (χ2v) is 7.52. The van der Waals surface area contributed by atoms with E-state index < -0.39 is 0 Å². The number of hydrogen-bond donors (Lipinski definition) is 2. The molecule has 5 heteroatoms. The summed E-state index contributed by atoms with van der Waals surface area (Å²) in [4.78, 5) is 24.4. The number of amides is 2. The first-order valence-electron chi connectivity index (χ1n) is 6.21. The fourth-order valence-electron chi connectivity index (χ4n) is 1.39. The lowest BCUT2D eigenvalue weighted by Gasteiger charge is -2.20. The maximum absolute atomic E-state index is 11.9. The van der Waals surface area contributed by atoms with Gasteiger partial charge < -0.3 is 10.6 Å². The van der Waals surface area contributed by atoms with Crippen molar-refractivity contribution in [3.05, 3.63) is 21.9 Å². The monoisotopic (exact) mass is 282 g/mol. The van der Waals surface area contributed by atoms with Crippen LogP contribution in [0.25, 0.3) is 0 Å². The Balaban J connectivity index is 2.77. The fraction of sp³-hybridized carbons (Fsp3) is 0.571. The highest BCUT2D eigenvalue weighted by Crippen LogP contribution is 2.16. The van der Waals surface area contributed by atoms with E-state index in [9.17, 15) is 9.59 Å². The van der Waals surface area contributed by atoms with Crippen molar-refractivity contribution in [2.45, 2.75) is 52.6 Å². The van der Waals surface area contributed by atoms with Crippen LogP contribution < -0.4 is 10.6 Å². The molecule has 0 radical (unpaired) electrons. The van der Waals surface area contributed by atoms with Gasteiger partial charge in [0.1, 0.15) is 0 Å². The van der Waals surface area contributed by atoms with Crippen LogP contribution in [-0.2, 0) is 0 Å². The Morgan fingerprint density at radius 2 is 1.42 bits per heavy atom. The molecule has 1 heterocycles. The van der Waals surface area contributed by atoms with E-state index in [4.69, 9.17) is 0 Å². The van der Waals surface area contributed by atoms with Crippen molar-refractivity contribution >= 4 is 23.2 Å². The smallest absolute Gasteiger partial charge is 0.261 e. The summed E-state index contributed by atoms with van der Waals surface area (Å²) in [6.45, 7) is 11.5. The maximum atomic E-state index is 11.9. The molecule has 0 aliphatic heterocycles. The lowest BCUT2D eigenvalue weighted by atomic mass is 10.1. The van der Waals surface area contributed by atoms with Crippen LogP contribution in [0, 0.1) is 0 Å². The van der Waals surface area contributed by atoms with Crippen molar-refractivity contribution in [1.29, 1.82) is 0 Å². The highest BCUT2D eigenvalue weighted by atomic mass is 32.1. The Hall–Kier alpha value is -1.36. The van der Waals surface area contributed by atoms with Crippen molar-refractivity contribution < 1.29 is 9.59 Å². The van der Waals surface area contributed by atoms with Gasteiger partial charge in [-0.15, -0.1) is 11.3 Å². The highest BCUT2D eigenvalue weighted by Gasteiger charge is 2.20. The first kappa shape index (κ1) is 15.7. The van der Waals surface area contributed by atoms with Crippen LogP contribution in [0.15, 0.2) is 11.4 Å². The summed E-state index contributed by atoms with van der Waals surface area (Å²) < 4.78 is 0. The van der Waals surface area contributed by atoms with Crippen molar-refractivity contribution in [2.75, 3.05) is 0 Å². The number of thiophene rings is 1. The molecule has 106 valence electrons. The van der Waals surface area contributed by atoms with Gasteiger partial charge in [0, 0.05) is 16.5 Å². The molecule has 1 aromatic heterocycles. The molecule has 0 fully saturated rings. The molecule has 0 unspecified atom stereocenters. The molecular weight excluding hydrogens is 260 g/mol. The summed E-state index contributed by atoms with van der Waals surface area (Å²) in [5.74, 6) is -0.300. The molecule has 0 aliphatic rings. The van der Waals surface area contributed by atoms with Gasteiger partial charge in [-0.1, -0.05) is 0 Å². The number of carbonyl (C=O) groups excluding carboxylic acids is 2. The van der Waals surface area contributed by atoms with E-state index in [0.717, 1.165) is 0 Å². The molecule has 0 spiro atoms. The van der Waals surface area contributed by atoms with E-state index in [2.05, 4.69) is 10.6 Å².